The summed E-state index contributed by atoms with van der Waals surface area (Å²) in [6.07, 6.45) is 4.48. The normalized spacial score (nSPS) is 12.3. The lowest BCUT2D eigenvalue weighted by Crippen LogP contribution is -2.14. The van der Waals surface area contributed by atoms with Gasteiger partial charge in [0.1, 0.15) is 5.75 Å². The van der Waals surface area contributed by atoms with E-state index < -0.39 is 5.97 Å². The van der Waals surface area contributed by atoms with Crippen LogP contribution in [0.15, 0.2) is 36.4 Å². The van der Waals surface area contributed by atoms with Crippen LogP contribution in [-0.2, 0) is 33.7 Å². The number of nitrogens with two attached hydrogens (primary N) is 1. The first kappa shape index (κ1) is 24.0. The fourth-order valence-corrected chi connectivity index (χ4v) is 4.58. The van der Waals surface area contributed by atoms with Crippen LogP contribution in [-0.4, -0.2) is 36.4 Å². The molecule has 4 rings (SSSR count). The number of fused-ring (bicyclic) bond motifs is 3. The molecule has 0 bridgehead atoms. The van der Waals surface area contributed by atoms with E-state index in [0.717, 1.165) is 42.3 Å². The molecular weight excluding hydrogens is 420 g/mol. The number of benzene rings is 2. The van der Waals surface area contributed by atoms with Crippen molar-refractivity contribution >= 4 is 29.1 Å². The van der Waals surface area contributed by atoms with Crippen molar-refractivity contribution in [1.82, 2.24) is 4.57 Å². The number of primary amides is 1. The highest BCUT2D eigenvalue weighted by Gasteiger charge is 2.27. The Bertz CT molecular complexity index is 1160. The van der Waals surface area contributed by atoms with Crippen molar-refractivity contribution < 1.29 is 23.9 Å². The number of ketones is 1. The minimum Gasteiger partial charge on any atom is -0.481 e. The summed E-state index contributed by atoms with van der Waals surface area (Å²) < 4.78 is 12.9. The van der Waals surface area contributed by atoms with Crippen molar-refractivity contribution in [2.24, 2.45) is 5.73 Å². The molecule has 7 nitrogen and oxygen atoms in total. The molecule has 0 atom stereocenters. The summed E-state index contributed by atoms with van der Waals surface area (Å²) in [5.41, 5.74) is 10.6. The first-order valence-corrected chi connectivity index (χ1v) is 11.0. The van der Waals surface area contributed by atoms with Crippen LogP contribution < -0.4 is 10.5 Å². The number of esters is 1. The second-order valence-corrected chi connectivity index (χ2v) is 8.03. The Balaban J connectivity index is 0.000000968. The number of hydrogen-bond acceptors (Lipinski definition) is 5. The SMILES string of the molecule is COC(=O)COc1cc2c(c3c1c(C(C)=O)c(C)n3Cc1ccccc1)CCCC2.NC=O. The Morgan fingerprint density at radius 1 is 1.15 bits per heavy atom. The number of amides is 1. The third kappa shape index (κ3) is 5.08. The summed E-state index contributed by atoms with van der Waals surface area (Å²) >= 11 is 0. The van der Waals surface area contributed by atoms with Crippen LogP contribution in [0.5, 0.6) is 5.75 Å². The van der Waals surface area contributed by atoms with Crippen molar-refractivity contribution in [2.45, 2.75) is 46.1 Å². The maximum atomic E-state index is 12.7. The van der Waals surface area contributed by atoms with Crippen LogP contribution in [0.1, 0.15) is 52.5 Å². The molecular formula is C26H30N2O5. The average molecular weight is 451 g/mol. The molecule has 0 saturated carbocycles. The molecule has 0 fully saturated rings. The minimum absolute atomic E-state index is 0.00277. The summed E-state index contributed by atoms with van der Waals surface area (Å²) in [6, 6.07) is 12.3. The maximum Gasteiger partial charge on any atom is 0.343 e. The fourth-order valence-electron chi connectivity index (χ4n) is 4.58. The van der Waals surface area contributed by atoms with E-state index in [2.05, 4.69) is 22.4 Å². The fraction of sp³-hybridized carbons (Fsp3) is 0.346. The van der Waals surface area contributed by atoms with Crippen LogP contribution in [0, 0.1) is 6.92 Å². The third-order valence-electron chi connectivity index (χ3n) is 5.98. The van der Waals surface area contributed by atoms with E-state index in [9.17, 15) is 9.59 Å². The van der Waals surface area contributed by atoms with E-state index in [-0.39, 0.29) is 18.8 Å². The molecule has 3 aromatic rings. The number of nitrogens with zero attached hydrogens (tertiary/aromatic N) is 1. The monoisotopic (exact) mass is 450 g/mol. The van der Waals surface area contributed by atoms with Gasteiger partial charge in [-0.3, -0.25) is 9.59 Å². The lowest BCUT2D eigenvalue weighted by Gasteiger charge is -2.21. The summed E-state index contributed by atoms with van der Waals surface area (Å²) in [6.45, 7) is 4.10. The molecule has 2 aromatic carbocycles. The third-order valence-corrected chi connectivity index (χ3v) is 5.98. The molecule has 2 N–H and O–H groups in total. The van der Waals surface area contributed by atoms with E-state index in [1.165, 1.54) is 23.8 Å². The number of aryl methyl sites for hydroxylation is 2. The number of carbonyl (C=O) groups is 3. The number of Topliss-reactive ketones (excluding diaryl/α,β-unsaturated/α-hetero) is 1. The van der Waals surface area contributed by atoms with Gasteiger partial charge in [-0.1, -0.05) is 30.3 Å². The summed E-state index contributed by atoms with van der Waals surface area (Å²) in [4.78, 5) is 33.0. The molecule has 174 valence electrons. The van der Waals surface area contributed by atoms with Crippen LogP contribution in [0.3, 0.4) is 0 Å². The molecule has 0 aliphatic heterocycles. The molecule has 33 heavy (non-hydrogen) atoms. The molecule has 0 saturated heterocycles. The molecule has 1 aromatic heterocycles. The highest BCUT2D eigenvalue weighted by molar-refractivity contribution is 6.11. The van der Waals surface area contributed by atoms with E-state index in [4.69, 9.17) is 14.3 Å². The van der Waals surface area contributed by atoms with Gasteiger partial charge in [0.2, 0.25) is 6.41 Å². The van der Waals surface area contributed by atoms with Crippen LogP contribution in [0.2, 0.25) is 0 Å². The standard InChI is InChI=1S/C25H27NO4.CH3NO/c1-16-23(17(2)27)24-21(30-15-22(28)29-3)13-19-11-7-8-12-20(19)25(24)26(16)14-18-9-5-4-6-10-18;2-1-3/h4-6,9-10,13H,7-8,11-12,14-15H2,1-3H3;1H,(H2,2,3). The van der Waals surface area contributed by atoms with Gasteiger partial charge in [-0.25, -0.2) is 4.79 Å². The second kappa shape index (κ2) is 10.8. The number of hydrogen-bond donors (Lipinski definition) is 1. The predicted octanol–water partition coefficient (Wildman–Crippen LogP) is 3.73. The second-order valence-electron chi connectivity index (χ2n) is 8.03. The number of rotatable bonds is 6. The smallest absolute Gasteiger partial charge is 0.343 e. The van der Waals surface area contributed by atoms with Crippen LogP contribution in [0.25, 0.3) is 10.9 Å². The van der Waals surface area contributed by atoms with Gasteiger partial charge < -0.3 is 19.8 Å². The quantitative estimate of drug-likeness (QED) is 0.350. The van der Waals surface area contributed by atoms with Gasteiger partial charge in [0.05, 0.1) is 18.0 Å². The van der Waals surface area contributed by atoms with Gasteiger partial charge in [0.25, 0.3) is 0 Å². The zero-order valence-electron chi connectivity index (χ0n) is 19.3. The topological polar surface area (TPSA) is 101 Å². The van der Waals surface area contributed by atoms with Crippen molar-refractivity contribution in [3.8, 4) is 5.75 Å². The van der Waals surface area contributed by atoms with Gasteiger partial charge in [-0.15, -0.1) is 0 Å². The van der Waals surface area contributed by atoms with Gasteiger partial charge >= 0.3 is 5.97 Å². The largest absolute Gasteiger partial charge is 0.481 e. The Kier molecular flexibility index (Phi) is 7.87. The predicted molar refractivity (Wildman–Crippen MR) is 127 cm³/mol. The zero-order valence-corrected chi connectivity index (χ0v) is 19.3. The average Bonchev–Trinajstić information content (AvgIpc) is 3.11. The Morgan fingerprint density at radius 2 is 1.82 bits per heavy atom. The molecule has 1 aliphatic rings. The molecule has 1 aliphatic carbocycles. The maximum absolute atomic E-state index is 12.7. The lowest BCUT2D eigenvalue weighted by molar-refractivity contribution is -0.142. The Morgan fingerprint density at radius 3 is 2.45 bits per heavy atom. The minimum atomic E-state index is -0.439. The number of aromatic nitrogens is 1. The highest BCUT2D eigenvalue weighted by atomic mass is 16.6. The van der Waals surface area contributed by atoms with Crippen molar-refractivity contribution in [2.75, 3.05) is 13.7 Å². The van der Waals surface area contributed by atoms with Gasteiger partial charge in [-0.05, 0) is 62.3 Å². The highest BCUT2D eigenvalue weighted by Crippen LogP contribution is 2.41. The molecule has 1 amide bonds. The first-order chi connectivity index (χ1) is 15.9. The summed E-state index contributed by atoms with van der Waals surface area (Å²) in [5.74, 6) is 0.157. The number of ether oxygens (including phenoxy) is 2. The van der Waals surface area contributed by atoms with Crippen molar-refractivity contribution in [3.63, 3.8) is 0 Å². The van der Waals surface area contributed by atoms with E-state index in [0.29, 0.717) is 17.9 Å². The first-order valence-electron chi connectivity index (χ1n) is 11.0. The zero-order chi connectivity index (χ0) is 24.0. The summed E-state index contributed by atoms with van der Waals surface area (Å²) in [5, 5.41) is 0.820. The molecule has 0 spiro atoms. The van der Waals surface area contributed by atoms with E-state index in [1.807, 2.05) is 31.2 Å². The summed E-state index contributed by atoms with van der Waals surface area (Å²) in [7, 11) is 1.34. The van der Waals surface area contributed by atoms with Crippen LogP contribution in [0.4, 0.5) is 0 Å². The van der Waals surface area contributed by atoms with Gasteiger partial charge in [0, 0.05) is 17.8 Å². The van der Waals surface area contributed by atoms with Gasteiger partial charge in [0.15, 0.2) is 12.4 Å². The van der Waals surface area contributed by atoms with Crippen molar-refractivity contribution in [1.29, 1.82) is 0 Å². The Labute approximate surface area is 193 Å². The molecule has 1 heterocycles. The van der Waals surface area contributed by atoms with E-state index in [1.54, 1.807) is 6.92 Å². The molecule has 0 radical (unpaired) electrons. The number of methoxy groups -OCH3 is 1. The van der Waals surface area contributed by atoms with Gasteiger partial charge in [-0.2, -0.15) is 0 Å². The Hall–Kier alpha value is -3.61. The van der Waals surface area contributed by atoms with Crippen molar-refractivity contribution in [3.05, 3.63) is 64.3 Å². The van der Waals surface area contributed by atoms with E-state index >= 15 is 0 Å². The lowest BCUT2D eigenvalue weighted by atomic mass is 9.89. The molecule has 0 unspecified atom stereocenters. The number of carbonyl (C=O) groups excluding carboxylic acids is 3. The van der Waals surface area contributed by atoms with Crippen LogP contribution >= 0.6 is 0 Å². The molecule has 7 heteroatoms.